The van der Waals surface area contributed by atoms with E-state index < -0.39 is 16.5 Å². The van der Waals surface area contributed by atoms with Gasteiger partial charge in [0.05, 0.1) is 25.1 Å². The van der Waals surface area contributed by atoms with Gasteiger partial charge in [-0.05, 0) is 80.3 Å². The second-order valence-corrected chi connectivity index (χ2v) is 11.5. The van der Waals surface area contributed by atoms with Crippen molar-refractivity contribution in [1.29, 1.82) is 0 Å². The van der Waals surface area contributed by atoms with E-state index in [0.717, 1.165) is 23.3 Å². The number of nitrogens with two attached hydrogens (primary N) is 1. The zero-order valence-corrected chi connectivity index (χ0v) is 25.8. The summed E-state index contributed by atoms with van der Waals surface area (Å²) in [7, 11) is 1.59. The van der Waals surface area contributed by atoms with Crippen LogP contribution in [0.15, 0.2) is 66.7 Å². The Morgan fingerprint density at radius 2 is 1.81 bits per heavy atom. The maximum absolute atomic E-state index is 13.8. The standard InChI is InChI=1S/C33H39N3O6S/c1-5-21(3)42-26-13-11-23(12-14-26)33-36(25-9-7-8-24(19-25)31(34)38)32(39)29(43-33)20-30(37)35-17-16-22-10-15-27(40-4)28(18-22)41-6-2/h7-15,18-19,21,29,33H,5-6,16-17,20H2,1-4H3,(H2,34,38)(H,35,37)/t21?,29-,33+/m1/s1. The maximum atomic E-state index is 13.8. The molecule has 0 spiro atoms. The maximum Gasteiger partial charge on any atom is 0.248 e. The van der Waals surface area contributed by atoms with E-state index >= 15 is 0 Å². The van der Waals surface area contributed by atoms with Gasteiger partial charge in [0.25, 0.3) is 0 Å². The predicted octanol–water partition coefficient (Wildman–Crippen LogP) is 5.27. The van der Waals surface area contributed by atoms with Gasteiger partial charge in [-0.2, -0.15) is 0 Å². The molecule has 10 heteroatoms. The number of rotatable bonds is 14. The smallest absolute Gasteiger partial charge is 0.248 e. The van der Waals surface area contributed by atoms with Crippen LogP contribution < -0.4 is 30.2 Å². The van der Waals surface area contributed by atoms with Crippen molar-refractivity contribution in [2.75, 3.05) is 25.2 Å². The molecular formula is C33H39N3O6S. The average Bonchev–Trinajstić information content (AvgIpc) is 3.33. The third-order valence-corrected chi connectivity index (χ3v) is 8.60. The fourth-order valence-electron chi connectivity index (χ4n) is 4.74. The second kappa shape index (κ2) is 14.8. The van der Waals surface area contributed by atoms with E-state index in [0.29, 0.717) is 42.3 Å². The summed E-state index contributed by atoms with van der Waals surface area (Å²) in [5.74, 6) is 1.06. The summed E-state index contributed by atoms with van der Waals surface area (Å²) in [5.41, 5.74) is 8.25. The number of ether oxygens (including phenoxy) is 3. The minimum atomic E-state index is -0.608. The number of methoxy groups -OCH3 is 1. The van der Waals surface area contributed by atoms with Crippen molar-refractivity contribution in [1.82, 2.24) is 5.32 Å². The molecule has 3 aromatic rings. The number of benzene rings is 3. The van der Waals surface area contributed by atoms with Crippen LogP contribution in [0.4, 0.5) is 5.69 Å². The number of carbonyl (C=O) groups excluding carboxylic acids is 3. The van der Waals surface area contributed by atoms with Crippen molar-refractivity contribution in [2.24, 2.45) is 5.73 Å². The Labute approximate surface area is 257 Å². The van der Waals surface area contributed by atoms with E-state index in [1.165, 1.54) is 11.8 Å². The van der Waals surface area contributed by atoms with E-state index in [-0.39, 0.29) is 24.3 Å². The third kappa shape index (κ3) is 8.01. The van der Waals surface area contributed by atoms with Crippen molar-refractivity contribution in [2.45, 2.75) is 56.8 Å². The summed E-state index contributed by atoms with van der Waals surface area (Å²) in [4.78, 5) is 40.3. The molecule has 3 N–H and O–H groups in total. The topological polar surface area (TPSA) is 120 Å². The number of hydrogen-bond donors (Lipinski definition) is 2. The predicted molar refractivity (Wildman–Crippen MR) is 169 cm³/mol. The van der Waals surface area contributed by atoms with Crippen LogP contribution in [0.25, 0.3) is 0 Å². The van der Waals surface area contributed by atoms with Crippen LogP contribution in [-0.4, -0.2) is 49.3 Å². The van der Waals surface area contributed by atoms with Crippen LogP contribution in [0.5, 0.6) is 17.2 Å². The lowest BCUT2D eigenvalue weighted by Crippen LogP contribution is -2.34. The third-order valence-electron chi connectivity index (χ3n) is 7.16. The van der Waals surface area contributed by atoms with Gasteiger partial charge in [0.15, 0.2) is 11.5 Å². The van der Waals surface area contributed by atoms with Crippen LogP contribution >= 0.6 is 11.8 Å². The largest absolute Gasteiger partial charge is 0.493 e. The highest BCUT2D eigenvalue weighted by molar-refractivity contribution is 8.01. The highest BCUT2D eigenvalue weighted by Gasteiger charge is 2.43. The minimum Gasteiger partial charge on any atom is -0.493 e. The lowest BCUT2D eigenvalue weighted by molar-refractivity contribution is -0.124. The van der Waals surface area contributed by atoms with E-state index in [2.05, 4.69) is 12.2 Å². The normalized spacial score (nSPS) is 16.9. The Kier molecular flexibility index (Phi) is 10.9. The molecule has 1 unspecified atom stereocenters. The van der Waals surface area contributed by atoms with E-state index in [9.17, 15) is 14.4 Å². The first-order chi connectivity index (χ1) is 20.7. The molecule has 0 radical (unpaired) electrons. The Hall–Kier alpha value is -4.18. The number of nitrogens with zero attached hydrogens (tertiary/aromatic N) is 1. The van der Waals surface area contributed by atoms with Crippen LogP contribution in [0, 0.1) is 0 Å². The number of amides is 3. The SMILES string of the molecule is CCOc1cc(CCNC(=O)C[C@H]2S[C@@H](c3ccc(OC(C)CC)cc3)N(c3cccc(C(N)=O)c3)C2=O)ccc1OC. The van der Waals surface area contributed by atoms with Gasteiger partial charge in [-0.15, -0.1) is 11.8 Å². The molecule has 4 rings (SSSR count). The van der Waals surface area contributed by atoms with Gasteiger partial charge in [-0.1, -0.05) is 31.2 Å². The number of anilines is 1. The summed E-state index contributed by atoms with van der Waals surface area (Å²) in [6.07, 6.45) is 1.59. The van der Waals surface area contributed by atoms with Gasteiger partial charge in [0.1, 0.15) is 11.1 Å². The number of nitrogens with one attached hydrogen (secondary N) is 1. The zero-order chi connectivity index (χ0) is 30.9. The molecule has 1 fully saturated rings. The molecule has 3 aromatic carbocycles. The number of primary amides is 1. The monoisotopic (exact) mass is 605 g/mol. The Bertz CT molecular complexity index is 1430. The van der Waals surface area contributed by atoms with Gasteiger partial charge in [0.2, 0.25) is 17.7 Å². The molecule has 0 aliphatic carbocycles. The van der Waals surface area contributed by atoms with E-state index in [4.69, 9.17) is 19.9 Å². The molecule has 3 atom stereocenters. The van der Waals surface area contributed by atoms with Crippen LogP contribution in [0.3, 0.4) is 0 Å². The summed E-state index contributed by atoms with van der Waals surface area (Å²) in [6.45, 7) is 6.91. The van der Waals surface area contributed by atoms with Crippen molar-refractivity contribution >= 4 is 35.2 Å². The summed E-state index contributed by atoms with van der Waals surface area (Å²) >= 11 is 1.41. The minimum absolute atomic E-state index is 0.0219. The van der Waals surface area contributed by atoms with Crippen LogP contribution in [-0.2, 0) is 16.0 Å². The highest BCUT2D eigenvalue weighted by atomic mass is 32.2. The Morgan fingerprint density at radius 3 is 2.49 bits per heavy atom. The van der Waals surface area contributed by atoms with Crippen molar-refractivity contribution in [3.05, 3.63) is 83.4 Å². The lowest BCUT2D eigenvalue weighted by Gasteiger charge is -2.25. The fraction of sp³-hybridized carbons (Fsp3) is 0.364. The molecule has 228 valence electrons. The molecule has 0 aromatic heterocycles. The average molecular weight is 606 g/mol. The van der Waals surface area contributed by atoms with Crippen molar-refractivity contribution < 1.29 is 28.6 Å². The summed E-state index contributed by atoms with van der Waals surface area (Å²) < 4.78 is 16.9. The lowest BCUT2D eigenvalue weighted by atomic mass is 10.1. The molecule has 1 saturated heterocycles. The van der Waals surface area contributed by atoms with Gasteiger partial charge in [-0.3, -0.25) is 19.3 Å². The van der Waals surface area contributed by atoms with Gasteiger partial charge in [0, 0.05) is 24.2 Å². The van der Waals surface area contributed by atoms with Gasteiger partial charge < -0.3 is 25.3 Å². The molecular weight excluding hydrogens is 566 g/mol. The highest BCUT2D eigenvalue weighted by Crippen LogP contribution is 2.47. The zero-order valence-electron chi connectivity index (χ0n) is 25.0. The molecule has 1 aliphatic rings. The van der Waals surface area contributed by atoms with Crippen molar-refractivity contribution in [3.63, 3.8) is 0 Å². The Balaban J connectivity index is 1.47. The first kappa shape index (κ1) is 31.7. The molecule has 1 heterocycles. The van der Waals surface area contributed by atoms with E-state index in [1.807, 2.05) is 56.3 Å². The number of carbonyl (C=O) groups is 3. The molecule has 0 saturated carbocycles. The summed E-state index contributed by atoms with van der Waals surface area (Å²) in [5, 5.41) is 1.94. The molecule has 9 nitrogen and oxygen atoms in total. The summed E-state index contributed by atoms with van der Waals surface area (Å²) in [6, 6.07) is 20.0. The van der Waals surface area contributed by atoms with Gasteiger partial charge in [-0.25, -0.2) is 0 Å². The van der Waals surface area contributed by atoms with E-state index in [1.54, 1.807) is 36.3 Å². The molecule has 3 amide bonds. The molecule has 0 bridgehead atoms. The number of thioether (sulfide) groups is 1. The number of hydrogen-bond acceptors (Lipinski definition) is 7. The first-order valence-electron chi connectivity index (χ1n) is 14.4. The quantitative estimate of drug-likeness (QED) is 0.257. The first-order valence-corrected chi connectivity index (χ1v) is 15.4. The second-order valence-electron chi connectivity index (χ2n) is 10.2. The van der Waals surface area contributed by atoms with Crippen LogP contribution in [0.1, 0.15) is 60.5 Å². The molecule has 1 aliphatic heterocycles. The van der Waals surface area contributed by atoms with Gasteiger partial charge >= 0.3 is 0 Å². The van der Waals surface area contributed by atoms with Crippen molar-refractivity contribution in [3.8, 4) is 17.2 Å². The Morgan fingerprint density at radius 1 is 1.05 bits per heavy atom. The molecule has 43 heavy (non-hydrogen) atoms. The van der Waals surface area contributed by atoms with Crippen LogP contribution in [0.2, 0.25) is 0 Å². The fourth-order valence-corrected chi connectivity index (χ4v) is 6.19.